The van der Waals surface area contributed by atoms with Crippen molar-refractivity contribution in [1.29, 1.82) is 0 Å². The second kappa shape index (κ2) is 8.42. The lowest BCUT2D eigenvalue weighted by molar-refractivity contribution is -0.122. The molecule has 2 aliphatic rings. The molecule has 0 bridgehead atoms. The lowest BCUT2D eigenvalue weighted by atomic mass is 9.78. The van der Waals surface area contributed by atoms with E-state index in [-0.39, 0.29) is 11.1 Å². The summed E-state index contributed by atoms with van der Waals surface area (Å²) < 4.78 is 0. The summed E-state index contributed by atoms with van der Waals surface area (Å²) in [6.07, 6.45) is 2.59. The van der Waals surface area contributed by atoms with E-state index in [4.69, 9.17) is 0 Å². The van der Waals surface area contributed by atoms with Crippen molar-refractivity contribution < 1.29 is 14.4 Å². The number of urea groups is 1. The highest BCUT2D eigenvalue weighted by Crippen LogP contribution is 2.44. The van der Waals surface area contributed by atoms with Gasteiger partial charge in [0.1, 0.15) is 5.57 Å². The van der Waals surface area contributed by atoms with Crippen LogP contribution in [0.4, 0.5) is 16.2 Å². The third-order valence-corrected chi connectivity index (χ3v) is 6.98. The minimum absolute atomic E-state index is 0.0345. The van der Waals surface area contributed by atoms with Crippen LogP contribution in [0.3, 0.4) is 0 Å². The molecule has 2 heterocycles. The van der Waals surface area contributed by atoms with Gasteiger partial charge in [0, 0.05) is 17.3 Å². The van der Waals surface area contributed by atoms with E-state index < -0.39 is 17.8 Å². The molecule has 0 aromatic heterocycles. The van der Waals surface area contributed by atoms with Crippen molar-refractivity contribution in [3.63, 3.8) is 0 Å². The zero-order valence-electron chi connectivity index (χ0n) is 21.0. The number of fused-ring (bicyclic) bond motifs is 1. The summed E-state index contributed by atoms with van der Waals surface area (Å²) in [6, 6.07) is 11.0. The van der Waals surface area contributed by atoms with Gasteiger partial charge in [-0.05, 0) is 106 Å². The van der Waals surface area contributed by atoms with Crippen LogP contribution in [0.1, 0.15) is 69.2 Å². The van der Waals surface area contributed by atoms with Gasteiger partial charge in [-0.1, -0.05) is 19.1 Å². The number of barbiturate groups is 1. The molecule has 0 saturated carbocycles. The fourth-order valence-corrected chi connectivity index (χ4v) is 5.46. The molecule has 1 saturated heterocycles. The van der Waals surface area contributed by atoms with Crippen LogP contribution in [-0.2, 0) is 9.59 Å². The zero-order chi connectivity index (χ0) is 24.9. The van der Waals surface area contributed by atoms with Gasteiger partial charge < -0.3 is 4.90 Å². The molecule has 6 heteroatoms. The standard InChI is InChI=1S/C28H33N3O3/c1-16(2)31-24-11-9-20(13-22(24)19(5)15-28(31,6)7)14-23-25(32)29-27(34)30(26(23)33)21-10-8-17(3)18(4)12-21/h8-14,16,19H,15H2,1-7H3,(H,29,32,34)/b23-14+. The summed E-state index contributed by atoms with van der Waals surface area (Å²) in [5.41, 5.74) is 5.60. The largest absolute Gasteiger partial charge is 0.364 e. The fraction of sp³-hybridized carbons (Fsp3) is 0.393. The summed E-state index contributed by atoms with van der Waals surface area (Å²) in [5, 5.41) is 2.32. The van der Waals surface area contributed by atoms with Gasteiger partial charge in [-0.3, -0.25) is 14.9 Å². The average molecular weight is 460 g/mol. The number of carbonyl (C=O) groups excluding carboxylic acids is 3. The van der Waals surface area contributed by atoms with E-state index in [9.17, 15) is 14.4 Å². The van der Waals surface area contributed by atoms with Gasteiger partial charge in [-0.15, -0.1) is 0 Å². The Morgan fingerprint density at radius 3 is 2.38 bits per heavy atom. The number of rotatable bonds is 3. The Hall–Kier alpha value is -3.41. The van der Waals surface area contributed by atoms with E-state index >= 15 is 0 Å². The molecule has 34 heavy (non-hydrogen) atoms. The second-order valence-corrected chi connectivity index (χ2v) is 10.4. The van der Waals surface area contributed by atoms with Crippen LogP contribution in [0.15, 0.2) is 42.0 Å². The Morgan fingerprint density at radius 1 is 1.03 bits per heavy atom. The van der Waals surface area contributed by atoms with Crippen LogP contribution in [0.2, 0.25) is 0 Å². The number of amides is 4. The molecule has 178 valence electrons. The summed E-state index contributed by atoms with van der Waals surface area (Å²) in [5.74, 6) is -0.957. The number of nitrogens with zero attached hydrogens (tertiary/aromatic N) is 2. The van der Waals surface area contributed by atoms with Crippen molar-refractivity contribution in [1.82, 2.24) is 5.32 Å². The lowest BCUT2D eigenvalue weighted by Gasteiger charge is -2.50. The smallest absolute Gasteiger partial charge is 0.335 e. The maximum atomic E-state index is 13.3. The molecule has 2 aromatic rings. The summed E-state index contributed by atoms with van der Waals surface area (Å²) in [6.45, 7) is 15.0. The van der Waals surface area contributed by atoms with Crippen molar-refractivity contribution in [3.05, 3.63) is 64.2 Å². The quantitative estimate of drug-likeness (QED) is 0.488. The highest BCUT2D eigenvalue weighted by atomic mass is 16.2. The Kier molecular flexibility index (Phi) is 5.88. The highest BCUT2D eigenvalue weighted by Gasteiger charge is 2.39. The molecule has 2 aromatic carbocycles. The van der Waals surface area contributed by atoms with Crippen LogP contribution < -0.4 is 15.1 Å². The van der Waals surface area contributed by atoms with Gasteiger partial charge in [0.2, 0.25) is 0 Å². The van der Waals surface area contributed by atoms with Crippen LogP contribution in [0, 0.1) is 13.8 Å². The lowest BCUT2D eigenvalue weighted by Crippen LogP contribution is -2.54. The molecule has 4 amide bonds. The number of aryl methyl sites for hydroxylation is 2. The van der Waals surface area contributed by atoms with Gasteiger partial charge in [0.05, 0.1) is 5.69 Å². The molecule has 6 nitrogen and oxygen atoms in total. The first kappa shape index (κ1) is 23.7. The summed E-state index contributed by atoms with van der Waals surface area (Å²) in [7, 11) is 0. The number of hydrogen-bond donors (Lipinski definition) is 1. The van der Waals surface area contributed by atoms with Crippen LogP contribution in [-0.4, -0.2) is 29.4 Å². The normalized spacial score (nSPS) is 21.2. The third kappa shape index (κ3) is 4.02. The Labute approximate surface area is 201 Å². The first-order valence-electron chi connectivity index (χ1n) is 11.8. The van der Waals surface area contributed by atoms with Gasteiger partial charge in [0.25, 0.3) is 11.8 Å². The zero-order valence-corrected chi connectivity index (χ0v) is 21.0. The molecule has 0 aliphatic carbocycles. The topological polar surface area (TPSA) is 69.7 Å². The van der Waals surface area contributed by atoms with E-state index in [1.54, 1.807) is 18.2 Å². The summed E-state index contributed by atoms with van der Waals surface area (Å²) >= 11 is 0. The van der Waals surface area contributed by atoms with Crippen LogP contribution in [0.5, 0.6) is 0 Å². The van der Waals surface area contributed by atoms with E-state index in [1.165, 1.54) is 11.3 Å². The van der Waals surface area contributed by atoms with Crippen molar-refractivity contribution in [3.8, 4) is 0 Å². The minimum atomic E-state index is -0.732. The highest BCUT2D eigenvalue weighted by molar-refractivity contribution is 6.39. The van der Waals surface area contributed by atoms with E-state index in [0.717, 1.165) is 28.0 Å². The molecule has 1 atom stereocenters. The fourth-order valence-electron chi connectivity index (χ4n) is 5.46. The van der Waals surface area contributed by atoms with E-state index in [0.29, 0.717) is 17.6 Å². The van der Waals surface area contributed by atoms with Gasteiger partial charge >= 0.3 is 6.03 Å². The van der Waals surface area contributed by atoms with Crippen molar-refractivity contribution in [2.45, 2.75) is 72.4 Å². The molecule has 0 radical (unpaired) electrons. The number of hydrogen-bond acceptors (Lipinski definition) is 4. The molecule has 1 unspecified atom stereocenters. The monoisotopic (exact) mass is 459 g/mol. The molecule has 1 fully saturated rings. The molecular weight excluding hydrogens is 426 g/mol. The molecule has 0 spiro atoms. The summed E-state index contributed by atoms with van der Waals surface area (Å²) in [4.78, 5) is 42.0. The minimum Gasteiger partial charge on any atom is -0.364 e. The first-order valence-corrected chi connectivity index (χ1v) is 11.8. The van der Waals surface area contributed by atoms with Crippen molar-refractivity contribution >= 4 is 35.3 Å². The van der Waals surface area contributed by atoms with E-state index in [2.05, 4.69) is 57.0 Å². The second-order valence-electron chi connectivity index (χ2n) is 10.4. The number of anilines is 2. The number of benzene rings is 2. The Bertz CT molecular complexity index is 1230. The number of carbonyl (C=O) groups is 3. The molecular formula is C28H33N3O3. The third-order valence-electron chi connectivity index (χ3n) is 6.98. The maximum absolute atomic E-state index is 13.3. The van der Waals surface area contributed by atoms with Crippen LogP contribution in [0.25, 0.3) is 6.08 Å². The van der Waals surface area contributed by atoms with Gasteiger partial charge in [0.15, 0.2) is 0 Å². The number of imide groups is 2. The Balaban J connectivity index is 1.74. The Morgan fingerprint density at radius 2 is 1.74 bits per heavy atom. The first-order chi connectivity index (χ1) is 15.9. The SMILES string of the molecule is Cc1ccc(N2C(=O)NC(=O)/C(=C\c3ccc4c(c3)C(C)CC(C)(C)N4C(C)C)C2=O)cc1C. The average Bonchev–Trinajstić information content (AvgIpc) is 2.73. The predicted octanol–water partition coefficient (Wildman–Crippen LogP) is 5.47. The van der Waals surface area contributed by atoms with Crippen molar-refractivity contribution in [2.24, 2.45) is 0 Å². The van der Waals surface area contributed by atoms with Crippen LogP contribution >= 0.6 is 0 Å². The molecule has 4 rings (SSSR count). The molecule has 1 N–H and O–H groups in total. The van der Waals surface area contributed by atoms with E-state index in [1.807, 2.05) is 26.0 Å². The molecule has 2 aliphatic heterocycles. The van der Waals surface area contributed by atoms with Gasteiger partial charge in [-0.2, -0.15) is 0 Å². The van der Waals surface area contributed by atoms with Gasteiger partial charge in [-0.25, -0.2) is 9.69 Å². The maximum Gasteiger partial charge on any atom is 0.335 e. The van der Waals surface area contributed by atoms with Crippen molar-refractivity contribution in [2.75, 3.05) is 9.80 Å². The predicted molar refractivity (Wildman–Crippen MR) is 136 cm³/mol. The number of nitrogens with one attached hydrogen (secondary N) is 1.